The molecule has 0 fully saturated rings. The van der Waals surface area contributed by atoms with Crippen molar-refractivity contribution in [2.24, 2.45) is 0 Å². The molecule has 0 unspecified atom stereocenters. The van der Waals surface area contributed by atoms with E-state index in [9.17, 15) is 52.7 Å². The van der Waals surface area contributed by atoms with E-state index in [4.69, 9.17) is 10.5 Å². The summed E-state index contributed by atoms with van der Waals surface area (Å²) in [6, 6.07) is 3.59. The van der Waals surface area contributed by atoms with E-state index < -0.39 is 144 Å². The summed E-state index contributed by atoms with van der Waals surface area (Å²) in [5, 5.41) is 16.9. The van der Waals surface area contributed by atoms with Crippen LogP contribution < -0.4 is 26.4 Å². The van der Waals surface area contributed by atoms with Crippen molar-refractivity contribution in [1.29, 1.82) is 10.5 Å². The molecule has 0 amide bonds. The van der Waals surface area contributed by atoms with Gasteiger partial charge in [0.05, 0.1) is 12.4 Å². The number of allylic oxidation sites excluding steroid dienone is 2. The van der Waals surface area contributed by atoms with Gasteiger partial charge in [0, 0.05) is 6.08 Å². The molecule has 5 rings (SSSR count). The highest BCUT2D eigenvalue weighted by Gasteiger charge is 2.52. The van der Waals surface area contributed by atoms with Crippen molar-refractivity contribution in [2.45, 2.75) is 6.54 Å². The summed E-state index contributed by atoms with van der Waals surface area (Å²) in [5.74, 6) is -71.4. The molecule has 58 heavy (non-hydrogen) atoms. The average Bonchev–Trinajstić information content (AvgIpc) is 3.21. The molecule has 1 heterocycles. The van der Waals surface area contributed by atoms with Gasteiger partial charge >= 0.3 is 0 Å². The van der Waals surface area contributed by atoms with Gasteiger partial charge < -0.3 is 0 Å². The quantitative estimate of drug-likeness (QED) is 0.0512. The SMILES string of the molecule is Fc1c(F)c(F)c([B-](c2c(F)c(F)c(F)c(F)c2F)(c2c(F)c(F)c(F)c(F)c2F)c2c(F)c(F)c(F)c(F)c2F)c(F)c1F.N#CC(C#N)=CC[n+]1ccncc1. The fourth-order valence-electron chi connectivity index (χ4n) is 5.66. The Bertz CT molecular complexity index is 2220. The van der Waals surface area contributed by atoms with E-state index in [0.717, 1.165) is 0 Å². The second kappa shape index (κ2) is 16.4. The molecule has 0 aliphatic heterocycles. The first kappa shape index (κ1) is 44.1. The highest BCUT2D eigenvalue weighted by Crippen LogP contribution is 2.30. The van der Waals surface area contributed by atoms with Crippen molar-refractivity contribution < 1.29 is 92.4 Å². The minimum atomic E-state index is -7.22. The fourth-order valence-corrected chi connectivity index (χ4v) is 5.66. The van der Waals surface area contributed by atoms with E-state index in [1.807, 2.05) is 4.57 Å². The average molecular weight is 850 g/mol. The zero-order valence-corrected chi connectivity index (χ0v) is 27.0. The summed E-state index contributed by atoms with van der Waals surface area (Å²) in [6.07, 6.45) is 1.18. The van der Waals surface area contributed by atoms with Crippen LogP contribution in [0.5, 0.6) is 0 Å². The molecule has 0 radical (unpaired) electrons. The van der Waals surface area contributed by atoms with Crippen LogP contribution in [0.15, 0.2) is 36.4 Å². The van der Waals surface area contributed by atoms with Crippen LogP contribution >= 0.6 is 0 Å². The summed E-state index contributed by atoms with van der Waals surface area (Å²) in [7, 11) is 0. The molecule has 1 aromatic heterocycles. The smallest absolute Gasteiger partial charge is 0.200 e. The number of nitrogens with zero attached hydrogens (tertiary/aromatic N) is 4. The predicted octanol–water partition coefficient (Wildman–Crippen LogP) is 6.19. The second-order valence-electron chi connectivity index (χ2n) is 11.1. The van der Waals surface area contributed by atoms with Crippen LogP contribution in [0.25, 0.3) is 0 Å². The molecule has 302 valence electrons. The van der Waals surface area contributed by atoms with Crippen molar-refractivity contribution in [3.63, 3.8) is 0 Å². The monoisotopic (exact) mass is 850 g/mol. The van der Waals surface area contributed by atoms with Crippen LogP contribution in [0.3, 0.4) is 0 Å². The number of nitriles is 2. The molecule has 0 saturated heterocycles. The number of hydrogen-bond acceptors (Lipinski definition) is 3. The molecule has 0 aliphatic rings. The number of aromatic nitrogens is 2. The fraction of sp³-hybridized carbons (Fsp3) is 0.0303. The van der Waals surface area contributed by atoms with Crippen LogP contribution in [-0.2, 0) is 6.54 Å². The number of hydrogen-bond donors (Lipinski definition) is 0. The van der Waals surface area contributed by atoms with Gasteiger partial charge in [-0.25, -0.2) is 87.8 Å². The van der Waals surface area contributed by atoms with Gasteiger partial charge in [-0.05, 0) is 0 Å². The Morgan fingerprint density at radius 2 is 0.621 bits per heavy atom. The molecule has 0 aliphatic carbocycles. The van der Waals surface area contributed by atoms with Gasteiger partial charge in [0.15, 0.2) is 88.7 Å². The maximum absolute atomic E-state index is 15.4. The van der Waals surface area contributed by atoms with Crippen LogP contribution in [-0.4, -0.2) is 11.1 Å². The van der Waals surface area contributed by atoms with Crippen molar-refractivity contribution in [3.05, 3.63) is 153 Å². The largest absolute Gasteiger partial charge is 0.252 e. The van der Waals surface area contributed by atoms with E-state index in [1.54, 1.807) is 43.0 Å². The third-order valence-electron chi connectivity index (χ3n) is 8.14. The van der Waals surface area contributed by atoms with Crippen molar-refractivity contribution in [2.75, 3.05) is 0 Å². The van der Waals surface area contributed by atoms with Crippen LogP contribution in [0.4, 0.5) is 87.8 Å². The van der Waals surface area contributed by atoms with E-state index in [0.29, 0.717) is 6.54 Å². The molecular weight excluding hydrogens is 843 g/mol. The summed E-state index contributed by atoms with van der Waals surface area (Å²) in [5.41, 5.74) is -14.2. The minimum absolute atomic E-state index is 0.129. The number of rotatable bonds is 6. The lowest BCUT2D eigenvalue weighted by molar-refractivity contribution is -0.687. The molecule has 5 aromatic rings. The van der Waals surface area contributed by atoms with Gasteiger partial charge in [0.1, 0.15) is 70.4 Å². The number of benzene rings is 4. The Labute approximate surface area is 307 Å². The summed E-state index contributed by atoms with van der Waals surface area (Å²) < 4.78 is 296. The van der Waals surface area contributed by atoms with E-state index >= 15 is 35.1 Å². The van der Waals surface area contributed by atoms with Gasteiger partial charge in [-0.3, -0.25) is 4.98 Å². The lowest BCUT2D eigenvalue weighted by atomic mass is 9.12. The highest BCUT2D eigenvalue weighted by atomic mass is 19.2. The Kier molecular flexibility index (Phi) is 12.5. The summed E-state index contributed by atoms with van der Waals surface area (Å²) in [6.45, 7) is 0.513. The van der Waals surface area contributed by atoms with Crippen LogP contribution in [0.2, 0.25) is 0 Å². The highest BCUT2D eigenvalue weighted by molar-refractivity contribution is 7.20. The van der Waals surface area contributed by atoms with Gasteiger partial charge in [-0.15, -0.1) is 21.9 Å². The predicted molar refractivity (Wildman–Crippen MR) is 153 cm³/mol. The van der Waals surface area contributed by atoms with Crippen molar-refractivity contribution in [1.82, 2.24) is 4.98 Å². The molecule has 4 aromatic carbocycles. The van der Waals surface area contributed by atoms with Gasteiger partial charge in [0.25, 0.3) is 0 Å². The molecule has 0 atom stereocenters. The maximum Gasteiger partial charge on any atom is 0.200 e. The second-order valence-corrected chi connectivity index (χ2v) is 11.1. The lowest BCUT2D eigenvalue weighted by Crippen LogP contribution is -2.81. The van der Waals surface area contributed by atoms with Crippen LogP contribution in [0, 0.1) is 139 Å². The van der Waals surface area contributed by atoms with Gasteiger partial charge in [-0.2, -0.15) is 15.1 Å². The third kappa shape index (κ3) is 6.79. The van der Waals surface area contributed by atoms with Gasteiger partial charge in [0.2, 0.25) is 0 Å². The number of halogens is 20. The van der Waals surface area contributed by atoms with E-state index in [-0.39, 0.29) is 5.57 Å². The Morgan fingerprint density at radius 3 is 0.828 bits per heavy atom. The zero-order chi connectivity index (χ0) is 43.9. The first-order valence-electron chi connectivity index (χ1n) is 14.6. The van der Waals surface area contributed by atoms with Gasteiger partial charge in [-0.1, -0.05) is 0 Å². The zero-order valence-electron chi connectivity index (χ0n) is 27.0. The van der Waals surface area contributed by atoms with E-state index in [1.165, 1.54) is 0 Å². The normalized spacial score (nSPS) is 11.1. The molecular formula is C33H7BF20N4. The molecule has 25 heteroatoms. The Morgan fingerprint density at radius 1 is 0.414 bits per heavy atom. The first-order chi connectivity index (χ1) is 27.1. The van der Waals surface area contributed by atoms with Crippen molar-refractivity contribution in [3.8, 4) is 12.1 Å². The lowest BCUT2D eigenvalue weighted by Gasteiger charge is -2.44. The topological polar surface area (TPSA) is 64.3 Å². The summed E-state index contributed by atoms with van der Waals surface area (Å²) in [4.78, 5) is 3.84. The van der Waals surface area contributed by atoms with Crippen LogP contribution in [0.1, 0.15) is 0 Å². The first-order valence-corrected chi connectivity index (χ1v) is 14.6. The molecule has 4 nitrogen and oxygen atoms in total. The summed E-state index contributed by atoms with van der Waals surface area (Å²) >= 11 is 0. The maximum atomic E-state index is 15.4. The Hall–Kier alpha value is -6.66. The Balaban J connectivity index is 0.000000486. The molecule has 0 N–H and O–H groups in total. The standard InChI is InChI=1S/C24BF20.C9H7N4/c26-5-1(6(27)14(35)21(42)13(5)34)25(2-7(28)15(36)22(43)16(37)8(2)29,3-9(30)17(38)23(44)18(39)10(3)31)4-11(32)19(40)24(45)20(41)12(4)33;10-7-9(8-11)1-4-13-5-2-12-3-6-13/h;1-3,5-6H,4H2/q-1;+1. The molecule has 0 saturated carbocycles. The van der Waals surface area contributed by atoms with Crippen molar-refractivity contribution >= 4 is 28.0 Å². The molecule has 0 spiro atoms. The molecule has 0 bridgehead atoms. The third-order valence-corrected chi connectivity index (χ3v) is 8.14. The minimum Gasteiger partial charge on any atom is -0.252 e. The van der Waals surface area contributed by atoms with E-state index in [2.05, 4.69) is 4.98 Å².